The molecule has 0 heterocycles. The lowest BCUT2D eigenvalue weighted by Crippen LogP contribution is -2.24. The maximum atomic E-state index is 11.4. The Balaban J connectivity index is 3.13. The molecule has 6 heteroatoms. The Morgan fingerprint density at radius 2 is 0.808 bits per heavy atom. The molecule has 0 aromatic carbocycles. The van der Waals surface area contributed by atoms with E-state index in [2.05, 4.69) is 10.6 Å². The minimum Gasteiger partial charge on any atom is -0.356 e. The Morgan fingerprint density at radius 3 is 1.12 bits per heavy atom. The van der Waals surface area contributed by atoms with E-state index in [0.717, 1.165) is 38.8 Å². The number of rotatable bonds is 19. The quantitative estimate of drug-likeness (QED) is 0.262. The molecule has 0 saturated carbocycles. The van der Waals surface area contributed by atoms with E-state index in [1.165, 1.54) is 51.4 Å². The average Bonchev–Trinajstić information content (AvgIpc) is 2.64. The van der Waals surface area contributed by atoms with Crippen molar-refractivity contribution < 1.29 is 9.59 Å². The van der Waals surface area contributed by atoms with Crippen LogP contribution in [0, 0.1) is 0 Å². The normalized spacial score (nSPS) is 10.7. The lowest BCUT2D eigenvalue weighted by Gasteiger charge is -2.06. The van der Waals surface area contributed by atoms with Crippen LogP contribution in [0.25, 0.3) is 0 Å². The molecular weight excluding hydrogens is 328 g/mol. The maximum absolute atomic E-state index is 11.4. The maximum Gasteiger partial charge on any atom is 0.220 e. The van der Waals surface area contributed by atoms with Gasteiger partial charge in [0.05, 0.1) is 0 Å². The first-order chi connectivity index (χ1) is 12.7. The number of nitrogens with two attached hydrogens (primary N) is 2. The molecule has 0 aromatic heterocycles. The van der Waals surface area contributed by atoms with Gasteiger partial charge in [0.25, 0.3) is 0 Å². The first-order valence-corrected chi connectivity index (χ1v) is 10.6. The highest BCUT2D eigenvalue weighted by atomic mass is 16.2. The van der Waals surface area contributed by atoms with Gasteiger partial charge in [-0.25, -0.2) is 0 Å². The Bertz CT molecular complexity index is 306. The summed E-state index contributed by atoms with van der Waals surface area (Å²) in [6.07, 6.45) is 14.9. The third-order valence-electron chi connectivity index (χ3n) is 4.46. The number of amides is 2. The summed E-state index contributed by atoms with van der Waals surface area (Å²) < 4.78 is 0. The molecule has 0 fully saturated rings. The van der Waals surface area contributed by atoms with Crippen LogP contribution >= 0.6 is 0 Å². The van der Waals surface area contributed by atoms with E-state index >= 15 is 0 Å². The molecule has 0 saturated heterocycles. The molecule has 0 unspecified atom stereocenters. The molecule has 0 aliphatic heterocycles. The topological polar surface area (TPSA) is 110 Å². The average molecular weight is 371 g/mol. The summed E-state index contributed by atoms with van der Waals surface area (Å²) in [6, 6.07) is 0. The van der Waals surface area contributed by atoms with Crippen molar-refractivity contribution in [3.05, 3.63) is 0 Å². The van der Waals surface area contributed by atoms with Crippen molar-refractivity contribution in [1.29, 1.82) is 0 Å². The first-order valence-electron chi connectivity index (χ1n) is 10.6. The van der Waals surface area contributed by atoms with Gasteiger partial charge in [0.15, 0.2) is 0 Å². The SMILES string of the molecule is NCCCC(=O)NCCCCCCCCCCCCNC(=O)CCCN. The van der Waals surface area contributed by atoms with Crippen LogP contribution in [0.1, 0.15) is 89.9 Å². The molecule has 0 aliphatic carbocycles. The predicted molar refractivity (Wildman–Crippen MR) is 109 cm³/mol. The van der Waals surface area contributed by atoms with Crippen molar-refractivity contribution in [1.82, 2.24) is 10.6 Å². The van der Waals surface area contributed by atoms with E-state index in [1.54, 1.807) is 0 Å². The molecule has 0 bridgehead atoms. The lowest BCUT2D eigenvalue weighted by molar-refractivity contribution is -0.122. The van der Waals surface area contributed by atoms with Crippen molar-refractivity contribution in [3.63, 3.8) is 0 Å². The van der Waals surface area contributed by atoms with Gasteiger partial charge < -0.3 is 22.1 Å². The first kappa shape index (κ1) is 24.9. The molecule has 154 valence electrons. The van der Waals surface area contributed by atoms with Crippen LogP contribution in [0.3, 0.4) is 0 Å². The fraction of sp³-hybridized carbons (Fsp3) is 0.900. The smallest absolute Gasteiger partial charge is 0.220 e. The van der Waals surface area contributed by atoms with Crippen molar-refractivity contribution >= 4 is 11.8 Å². The van der Waals surface area contributed by atoms with Gasteiger partial charge in [0.1, 0.15) is 0 Å². The second-order valence-electron chi connectivity index (χ2n) is 7.02. The molecule has 6 nitrogen and oxygen atoms in total. The van der Waals surface area contributed by atoms with Crippen LogP contribution in [0.15, 0.2) is 0 Å². The third-order valence-corrected chi connectivity index (χ3v) is 4.46. The minimum atomic E-state index is 0.130. The Hall–Kier alpha value is -1.14. The second kappa shape index (κ2) is 20.2. The Morgan fingerprint density at radius 1 is 0.500 bits per heavy atom. The van der Waals surface area contributed by atoms with Crippen molar-refractivity contribution in [2.24, 2.45) is 11.5 Å². The number of nitrogens with one attached hydrogen (secondary N) is 2. The zero-order chi connectivity index (χ0) is 19.3. The van der Waals surface area contributed by atoms with Crippen LogP contribution in [0.4, 0.5) is 0 Å². The Labute approximate surface area is 160 Å². The van der Waals surface area contributed by atoms with E-state index in [0.29, 0.717) is 25.9 Å². The number of hydrogen-bond donors (Lipinski definition) is 4. The van der Waals surface area contributed by atoms with Crippen LogP contribution in [-0.4, -0.2) is 38.0 Å². The van der Waals surface area contributed by atoms with Gasteiger partial charge in [0, 0.05) is 25.9 Å². The summed E-state index contributed by atoms with van der Waals surface area (Å²) in [6.45, 7) is 2.76. The zero-order valence-corrected chi connectivity index (χ0v) is 16.7. The van der Waals surface area contributed by atoms with E-state index in [-0.39, 0.29) is 11.8 Å². The van der Waals surface area contributed by atoms with Gasteiger partial charge in [-0.3, -0.25) is 9.59 Å². The predicted octanol–water partition coefficient (Wildman–Crippen LogP) is 2.60. The molecule has 26 heavy (non-hydrogen) atoms. The molecule has 6 N–H and O–H groups in total. The number of hydrogen-bond acceptors (Lipinski definition) is 4. The van der Waals surface area contributed by atoms with Crippen LogP contribution < -0.4 is 22.1 Å². The summed E-state index contributed by atoms with van der Waals surface area (Å²) in [5.74, 6) is 0.260. The molecule has 0 rings (SSSR count). The van der Waals surface area contributed by atoms with E-state index in [1.807, 2.05) is 0 Å². The number of carbonyl (C=O) groups excluding carboxylic acids is 2. The van der Waals surface area contributed by atoms with Gasteiger partial charge in [0.2, 0.25) is 11.8 Å². The molecule has 0 radical (unpaired) electrons. The minimum absolute atomic E-state index is 0.130. The highest BCUT2D eigenvalue weighted by Gasteiger charge is 2.00. The van der Waals surface area contributed by atoms with E-state index < -0.39 is 0 Å². The fourth-order valence-electron chi connectivity index (χ4n) is 2.82. The summed E-state index contributed by atoms with van der Waals surface area (Å²) in [5.41, 5.74) is 10.8. The summed E-state index contributed by atoms with van der Waals surface area (Å²) in [4.78, 5) is 22.8. The highest BCUT2D eigenvalue weighted by molar-refractivity contribution is 5.76. The lowest BCUT2D eigenvalue weighted by atomic mass is 10.1. The Kier molecular flexibility index (Phi) is 19.3. The van der Waals surface area contributed by atoms with E-state index in [4.69, 9.17) is 11.5 Å². The van der Waals surface area contributed by atoms with Gasteiger partial charge in [-0.15, -0.1) is 0 Å². The molecule has 0 aliphatic rings. The molecule has 2 amide bonds. The van der Waals surface area contributed by atoms with E-state index in [9.17, 15) is 9.59 Å². The van der Waals surface area contributed by atoms with Crippen molar-refractivity contribution in [2.45, 2.75) is 89.9 Å². The summed E-state index contributed by atoms with van der Waals surface area (Å²) in [5, 5.41) is 5.89. The standard InChI is InChI=1S/C20H42N4O2/c21-15-11-13-19(25)23-17-9-7-5-3-1-2-4-6-8-10-18-24-20(26)14-12-16-22/h1-18,21-22H2,(H,23,25)(H,24,26). The number of carbonyl (C=O) groups is 2. The van der Waals surface area contributed by atoms with Crippen LogP contribution in [0.5, 0.6) is 0 Å². The third kappa shape index (κ3) is 19.2. The van der Waals surface area contributed by atoms with Gasteiger partial charge in [-0.1, -0.05) is 51.4 Å². The fourth-order valence-corrected chi connectivity index (χ4v) is 2.82. The molecule has 0 atom stereocenters. The van der Waals surface area contributed by atoms with Crippen molar-refractivity contribution in [2.75, 3.05) is 26.2 Å². The van der Waals surface area contributed by atoms with Crippen LogP contribution in [0.2, 0.25) is 0 Å². The zero-order valence-electron chi connectivity index (χ0n) is 16.7. The molecule has 0 spiro atoms. The molecular formula is C20H42N4O2. The second-order valence-corrected chi connectivity index (χ2v) is 7.02. The summed E-state index contributed by atoms with van der Waals surface area (Å²) in [7, 11) is 0. The van der Waals surface area contributed by atoms with Crippen LogP contribution in [-0.2, 0) is 9.59 Å². The van der Waals surface area contributed by atoms with Gasteiger partial charge in [-0.05, 0) is 38.8 Å². The van der Waals surface area contributed by atoms with Crippen molar-refractivity contribution in [3.8, 4) is 0 Å². The monoisotopic (exact) mass is 370 g/mol. The largest absolute Gasteiger partial charge is 0.356 e. The highest BCUT2D eigenvalue weighted by Crippen LogP contribution is 2.10. The summed E-state index contributed by atoms with van der Waals surface area (Å²) >= 11 is 0. The molecule has 0 aromatic rings. The van der Waals surface area contributed by atoms with Gasteiger partial charge >= 0.3 is 0 Å². The number of unbranched alkanes of at least 4 members (excludes halogenated alkanes) is 9. The van der Waals surface area contributed by atoms with Gasteiger partial charge in [-0.2, -0.15) is 0 Å².